The first-order chi connectivity index (χ1) is 9.33. The van der Waals surface area contributed by atoms with Crippen molar-refractivity contribution in [3.8, 4) is 11.4 Å². The lowest BCUT2D eigenvalue weighted by atomic mass is 10.2. The molecule has 4 nitrogen and oxygen atoms in total. The normalized spacial score (nSPS) is 14.3. The van der Waals surface area contributed by atoms with Crippen LogP contribution >= 0.6 is 22.6 Å². The molecule has 94 valence electrons. The zero-order valence-electron chi connectivity index (χ0n) is 10.1. The van der Waals surface area contributed by atoms with E-state index in [-0.39, 0.29) is 0 Å². The number of hydrogen-bond donors (Lipinski definition) is 0. The van der Waals surface area contributed by atoms with E-state index < -0.39 is 0 Å². The summed E-state index contributed by atoms with van der Waals surface area (Å²) in [5, 5.41) is 0. The van der Waals surface area contributed by atoms with Gasteiger partial charge in [0.15, 0.2) is 15.5 Å². The highest BCUT2D eigenvalue weighted by atomic mass is 127. The molecule has 5 heteroatoms. The van der Waals surface area contributed by atoms with Crippen molar-refractivity contribution in [2.75, 3.05) is 6.54 Å². The summed E-state index contributed by atoms with van der Waals surface area (Å²) >= 11 is 2.11. The van der Waals surface area contributed by atoms with E-state index in [2.05, 4.69) is 48.6 Å². The molecule has 2 aromatic rings. The fourth-order valence-corrected chi connectivity index (χ4v) is 2.29. The summed E-state index contributed by atoms with van der Waals surface area (Å²) in [6, 6.07) is 9.92. The summed E-state index contributed by atoms with van der Waals surface area (Å²) in [5.74, 6) is 1.34. The molecular formula is C14H11IN4. The lowest BCUT2D eigenvalue weighted by Gasteiger charge is -2.07. The molecule has 0 atom stereocenters. The number of nitrogens with zero attached hydrogens (tertiary/aromatic N) is 4. The summed E-state index contributed by atoms with van der Waals surface area (Å²) < 4.78 is 0.683. The predicted molar refractivity (Wildman–Crippen MR) is 83.1 cm³/mol. The van der Waals surface area contributed by atoms with Crippen LogP contribution in [0.5, 0.6) is 0 Å². The lowest BCUT2D eigenvalue weighted by Crippen LogP contribution is -2.11. The molecule has 0 fully saturated rings. The molecule has 0 unspecified atom stereocenters. The van der Waals surface area contributed by atoms with Crippen LogP contribution in [0.15, 0.2) is 47.5 Å². The van der Waals surface area contributed by atoms with Crippen LogP contribution in [0.4, 0.5) is 0 Å². The van der Waals surface area contributed by atoms with Crippen molar-refractivity contribution in [1.29, 1.82) is 0 Å². The number of aromatic nitrogens is 3. The molecular weight excluding hydrogens is 351 g/mol. The van der Waals surface area contributed by atoms with E-state index in [1.807, 2.05) is 36.4 Å². The molecule has 0 aliphatic carbocycles. The average molecular weight is 362 g/mol. The maximum atomic E-state index is 4.52. The van der Waals surface area contributed by atoms with Gasteiger partial charge in [-0.05, 0) is 12.5 Å². The van der Waals surface area contributed by atoms with Crippen molar-refractivity contribution in [3.05, 3.63) is 52.1 Å². The van der Waals surface area contributed by atoms with E-state index in [0.717, 1.165) is 24.2 Å². The Morgan fingerprint density at radius 1 is 0.947 bits per heavy atom. The fraction of sp³-hybridized carbons (Fsp3) is 0.143. The SMILES string of the molecule is Ic1nc(C2=NCCC=C2)nc(-c2ccccc2)n1. The molecule has 0 N–H and O–H groups in total. The first kappa shape index (κ1) is 12.4. The van der Waals surface area contributed by atoms with Gasteiger partial charge in [0.25, 0.3) is 0 Å². The van der Waals surface area contributed by atoms with Crippen molar-refractivity contribution >= 4 is 28.3 Å². The predicted octanol–water partition coefficient (Wildman–Crippen LogP) is 2.89. The van der Waals surface area contributed by atoms with Crippen LogP contribution in [-0.2, 0) is 0 Å². The molecule has 0 saturated carbocycles. The van der Waals surface area contributed by atoms with E-state index in [1.54, 1.807) is 0 Å². The Kier molecular flexibility index (Phi) is 3.63. The minimum atomic E-state index is 0.647. The Bertz CT molecular complexity index is 650. The van der Waals surface area contributed by atoms with Gasteiger partial charge in [0.1, 0.15) is 5.71 Å². The molecule has 1 aliphatic heterocycles. The van der Waals surface area contributed by atoms with Gasteiger partial charge in [0, 0.05) is 34.7 Å². The first-order valence-electron chi connectivity index (χ1n) is 6.01. The van der Waals surface area contributed by atoms with E-state index >= 15 is 0 Å². The summed E-state index contributed by atoms with van der Waals surface area (Å²) in [7, 11) is 0. The molecule has 19 heavy (non-hydrogen) atoms. The topological polar surface area (TPSA) is 51.0 Å². The second-order valence-corrected chi connectivity index (χ2v) is 5.04. The fourth-order valence-electron chi connectivity index (χ4n) is 1.83. The van der Waals surface area contributed by atoms with Gasteiger partial charge >= 0.3 is 0 Å². The van der Waals surface area contributed by atoms with Crippen LogP contribution in [0.25, 0.3) is 11.4 Å². The number of allylic oxidation sites excluding steroid dienone is 1. The Hall–Kier alpha value is -1.63. The largest absolute Gasteiger partial charge is 0.281 e. The highest BCUT2D eigenvalue weighted by Gasteiger charge is 2.11. The molecule has 0 bridgehead atoms. The second-order valence-electron chi connectivity index (χ2n) is 4.08. The van der Waals surface area contributed by atoms with Crippen LogP contribution in [0.3, 0.4) is 0 Å². The molecule has 3 rings (SSSR count). The van der Waals surface area contributed by atoms with Crippen molar-refractivity contribution in [2.45, 2.75) is 6.42 Å². The van der Waals surface area contributed by atoms with Gasteiger partial charge in [-0.3, -0.25) is 4.99 Å². The number of dihydropyridines is 1. The number of benzene rings is 1. The van der Waals surface area contributed by atoms with Crippen LogP contribution in [-0.4, -0.2) is 27.2 Å². The summed E-state index contributed by atoms with van der Waals surface area (Å²) in [4.78, 5) is 17.7. The summed E-state index contributed by atoms with van der Waals surface area (Å²) in [6.45, 7) is 0.800. The maximum absolute atomic E-state index is 4.52. The highest BCUT2D eigenvalue weighted by molar-refractivity contribution is 14.1. The number of halogens is 1. The van der Waals surface area contributed by atoms with Gasteiger partial charge in [-0.1, -0.05) is 36.4 Å². The van der Waals surface area contributed by atoms with E-state index in [1.165, 1.54) is 0 Å². The van der Waals surface area contributed by atoms with Gasteiger partial charge in [-0.25, -0.2) is 15.0 Å². The minimum absolute atomic E-state index is 0.647. The van der Waals surface area contributed by atoms with Crippen molar-refractivity contribution < 1.29 is 0 Å². The van der Waals surface area contributed by atoms with Crippen LogP contribution in [0.1, 0.15) is 12.2 Å². The Labute approximate surface area is 124 Å². The maximum Gasteiger partial charge on any atom is 0.194 e. The minimum Gasteiger partial charge on any atom is -0.281 e. The first-order valence-corrected chi connectivity index (χ1v) is 7.09. The standard InChI is InChI=1S/C14H11IN4/c15-14-18-12(10-6-2-1-3-7-10)17-13(19-14)11-8-4-5-9-16-11/h1-4,6-8H,5,9H2. The smallest absolute Gasteiger partial charge is 0.194 e. The average Bonchev–Trinajstić information content (AvgIpc) is 2.48. The molecule has 0 radical (unpaired) electrons. The lowest BCUT2D eigenvalue weighted by molar-refractivity contribution is 0.961. The molecule has 0 saturated heterocycles. The van der Waals surface area contributed by atoms with Gasteiger partial charge in [-0.2, -0.15) is 0 Å². The van der Waals surface area contributed by atoms with E-state index in [0.29, 0.717) is 15.5 Å². The Balaban J connectivity index is 2.06. The van der Waals surface area contributed by atoms with Crippen molar-refractivity contribution in [2.24, 2.45) is 4.99 Å². The molecule has 1 aliphatic rings. The van der Waals surface area contributed by atoms with Crippen LogP contribution < -0.4 is 0 Å². The number of aliphatic imine (C=N–C) groups is 1. The van der Waals surface area contributed by atoms with Crippen molar-refractivity contribution in [3.63, 3.8) is 0 Å². The monoisotopic (exact) mass is 362 g/mol. The Morgan fingerprint density at radius 3 is 2.47 bits per heavy atom. The number of rotatable bonds is 2. The van der Waals surface area contributed by atoms with Gasteiger partial charge in [0.05, 0.1) is 0 Å². The molecule has 1 aromatic carbocycles. The van der Waals surface area contributed by atoms with Crippen LogP contribution in [0.2, 0.25) is 0 Å². The highest BCUT2D eigenvalue weighted by Crippen LogP contribution is 2.15. The third-order valence-electron chi connectivity index (χ3n) is 2.72. The summed E-state index contributed by atoms with van der Waals surface area (Å²) in [5.41, 5.74) is 1.83. The third-order valence-corrected chi connectivity index (χ3v) is 3.21. The zero-order chi connectivity index (χ0) is 13.1. The summed E-state index contributed by atoms with van der Waals surface area (Å²) in [6.07, 6.45) is 5.06. The molecule has 1 aromatic heterocycles. The van der Waals surface area contributed by atoms with Crippen LogP contribution in [0, 0.1) is 3.83 Å². The Morgan fingerprint density at radius 2 is 1.74 bits per heavy atom. The number of hydrogen-bond acceptors (Lipinski definition) is 4. The van der Waals surface area contributed by atoms with E-state index in [4.69, 9.17) is 0 Å². The second kappa shape index (κ2) is 5.56. The van der Waals surface area contributed by atoms with E-state index in [9.17, 15) is 0 Å². The quantitative estimate of drug-likeness (QED) is 0.772. The zero-order valence-corrected chi connectivity index (χ0v) is 12.3. The van der Waals surface area contributed by atoms with Crippen molar-refractivity contribution in [1.82, 2.24) is 15.0 Å². The van der Waals surface area contributed by atoms with Gasteiger partial charge in [-0.15, -0.1) is 0 Å². The molecule has 0 amide bonds. The van der Waals surface area contributed by atoms with Gasteiger partial charge < -0.3 is 0 Å². The molecule has 2 heterocycles. The van der Waals surface area contributed by atoms with Gasteiger partial charge in [0.2, 0.25) is 0 Å². The molecule has 0 spiro atoms. The third kappa shape index (κ3) is 2.86.